The lowest BCUT2D eigenvalue weighted by Gasteiger charge is -2.33. The number of hydrogen-bond donors (Lipinski definition) is 0. The van der Waals surface area contributed by atoms with Crippen LogP contribution in [0.1, 0.15) is 64.8 Å². The lowest BCUT2D eigenvalue weighted by molar-refractivity contribution is -0.132. The summed E-state index contributed by atoms with van der Waals surface area (Å²) in [6, 6.07) is 8.48. The van der Waals surface area contributed by atoms with Crippen molar-refractivity contribution in [3.8, 4) is 0 Å². The second-order valence-electron chi connectivity index (χ2n) is 8.95. The van der Waals surface area contributed by atoms with Crippen LogP contribution in [-0.2, 0) is 14.6 Å². The number of rotatable bonds is 7. The molecule has 31 heavy (non-hydrogen) atoms. The van der Waals surface area contributed by atoms with Crippen molar-refractivity contribution in [3.63, 3.8) is 0 Å². The van der Waals surface area contributed by atoms with Gasteiger partial charge in [0.15, 0.2) is 15.0 Å². The summed E-state index contributed by atoms with van der Waals surface area (Å²) >= 11 is 1.50. The highest BCUT2D eigenvalue weighted by Crippen LogP contribution is 2.36. The number of hydrogen-bond acceptors (Lipinski definition) is 5. The average Bonchev–Trinajstić information content (AvgIpc) is 3.32. The van der Waals surface area contributed by atoms with Crippen molar-refractivity contribution in [1.82, 2.24) is 14.5 Å². The molecule has 1 aliphatic carbocycles. The monoisotopic (exact) mass is 463 g/mol. The molecule has 2 aromatic rings. The third-order valence-corrected chi connectivity index (χ3v) is 9.47. The Morgan fingerprint density at radius 2 is 1.97 bits per heavy atom. The van der Waals surface area contributed by atoms with E-state index in [2.05, 4.69) is 10.6 Å². The molecule has 6 nitrogen and oxygen atoms in total. The maximum Gasteiger partial charge on any atom is 0.233 e. The number of benzene rings is 1. The van der Waals surface area contributed by atoms with Gasteiger partial charge in [0.25, 0.3) is 0 Å². The molecule has 2 aliphatic rings. The number of imidazole rings is 1. The number of carbonyl (C=O) groups is 1. The Bertz CT molecular complexity index is 1030. The van der Waals surface area contributed by atoms with Crippen LogP contribution < -0.4 is 0 Å². The smallest absolute Gasteiger partial charge is 0.233 e. The Morgan fingerprint density at radius 1 is 1.23 bits per heavy atom. The second-order valence-corrected chi connectivity index (χ2v) is 12.1. The molecule has 1 saturated heterocycles. The molecule has 0 bridgehead atoms. The number of aromatic nitrogens is 2. The molecule has 170 valence electrons. The van der Waals surface area contributed by atoms with E-state index in [1.165, 1.54) is 31.0 Å². The Balaban J connectivity index is 1.55. The third-order valence-electron chi connectivity index (χ3n) is 6.78. The SMILES string of the molecule is CC[C@@H](C)N(C(=O)CSc1nc2ccccc2n1C1CCCCC1)[C@@H]1CCS(=O)(=O)C1. The predicted octanol–water partition coefficient (Wildman–Crippen LogP) is 4.45. The number of fused-ring (bicyclic) bond motifs is 1. The predicted molar refractivity (Wildman–Crippen MR) is 126 cm³/mol. The molecule has 2 atom stereocenters. The van der Waals surface area contributed by atoms with E-state index in [4.69, 9.17) is 4.98 Å². The highest BCUT2D eigenvalue weighted by molar-refractivity contribution is 7.99. The summed E-state index contributed by atoms with van der Waals surface area (Å²) in [4.78, 5) is 20.0. The van der Waals surface area contributed by atoms with Crippen molar-refractivity contribution in [3.05, 3.63) is 24.3 Å². The van der Waals surface area contributed by atoms with Gasteiger partial charge >= 0.3 is 0 Å². The molecule has 1 aliphatic heterocycles. The summed E-state index contributed by atoms with van der Waals surface area (Å²) < 4.78 is 26.4. The van der Waals surface area contributed by atoms with E-state index in [0.717, 1.165) is 35.5 Å². The second kappa shape index (κ2) is 9.53. The lowest BCUT2D eigenvalue weighted by atomic mass is 9.95. The minimum absolute atomic E-state index is 0.0173. The molecular formula is C23H33N3O3S2. The maximum atomic E-state index is 13.3. The first kappa shape index (κ1) is 22.6. The molecule has 0 unspecified atom stereocenters. The zero-order valence-electron chi connectivity index (χ0n) is 18.5. The zero-order chi connectivity index (χ0) is 22.0. The highest BCUT2D eigenvalue weighted by Gasteiger charge is 2.36. The minimum Gasteiger partial charge on any atom is -0.335 e. The Morgan fingerprint density at radius 3 is 2.65 bits per heavy atom. The van der Waals surface area contributed by atoms with Crippen molar-refractivity contribution < 1.29 is 13.2 Å². The van der Waals surface area contributed by atoms with Crippen LogP contribution in [0.5, 0.6) is 0 Å². The molecule has 1 aromatic carbocycles. The number of nitrogens with zero attached hydrogens (tertiary/aromatic N) is 3. The van der Waals surface area contributed by atoms with Gasteiger partial charge in [-0.05, 0) is 44.7 Å². The minimum atomic E-state index is -3.04. The first-order valence-corrected chi connectivity index (χ1v) is 14.3. The van der Waals surface area contributed by atoms with Gasteiger partial charge in [0.05, 0.1) is 28.3 Å². The van der Waals surface area contributed by atoms with Crippen LogP contribution in [0, 0.1) is 0 Å². The zero-order valence-corrected chi connectivity index (χ0v) is 20.1. The number of sulfone groups is 1. The van der Waals surface area contributed by atoms with Crippen LogP contribution in [0.25, 0.3) is 11.0 Å². The normalized spacial score (nSPS) is 22.6. The lowest BCUT2D eigenvalue weighted by Crippen LogP contribution is -2.47. The van der Waals surface area contributed by atoms with Crippen molar-refractivity contribution >= 4 is 38.5 Å². The fourth-order valence-corrected chi connectivity index (χ4v) is 7.68. The number of para-hydroxylation sites is 2. The summed E-state index contributed by atoms with van der Waals surface area (Å²) in [7, 11) is -3.04. The summed E-state index contributed by atoms with van der Waals surface area (Å²) in [6.45, 7) is 4.06. The molecule has 4 rings (SSSR count). The summed E-state index contributed by atoms with van der Waals surface area (Å²) in [6.07, 6.45) is 7.42. The van der Waals surface area contributed by atoms with Crippen molar-refractivity contribution in [1.29, 1.82) is 0 Å². The van der Waals surface area contributed by atoms with Gasteiger partial charge in [0.2, 0.25) is 5.91 Å². The molecule has 2 fully saturated rings. The van der Waals surface area contributed by atoms with E-state index in [-0.39, 0.29) is 35.2 Å². The first-order valence-electron chi connectivity index (χ1n) is 11.5. The molecule has 1 amide bonds. The Hall–Kier alpha value is -1.54. The number of thioether (sulfide) groups is 1. The van der Waals surface area contributed by atoms with Gasteiger partial charge in [-0.25, -0.2) is 13.4 Å². The van der Waals surface area contributed by atoms with Crippen LogP contribution in [0.2, 0.25) is 0 Å². The fourth-order valence-electron chi connectivity index (χ4n) is 5.02. The van der Waals surface area contributed by atoms with E-state index in [1.807, 2.05) is 36.9 Å². The topological polar surface area (TPSA) is 72.3 Å². The van der Waals surface area contributed by atoms with E-state index in [0.29, 0.717) is 12.5 Å². The first-order chi connectivity index (χ1) is 14.9. The van der Waals surface area contributed by atoms with Gasteiger partial charge in [0, 0.05) is 18.1 Å². The van der Waals surface area contributed by atoms with Gasteiger partial charge in [-0.15, -0.1) is 0 Å². The molecular weight excluding hydrogens is 430 g/mol. The molecule has 2 heterocycles. The van der Waals surface area contributed by atoms with Crippen LogP contribution in [-0.4, -0.2) is 58.1 Å². The third kappa shape index (κ3) is 4.95. The molecule has 0 N–H and O–H groups in total. The van der Waals surface area contributed by atoms with Crippen LogP contribution in [0.4, 0.5) is 0 Å². The maximum absolute atomic E-state index is 13.3. The van der Waals surface area contributed by atoms with Gasteiger partial charge in [-0.3, -0.25) is 4.79 Å². The van der Waals surface area contributed by atoms with Crippen molar-refractivity contribution in [2.24, 2.45) is 0 Å². The number of carbonyl (C=O) groups excluding carboxylic acids is 1. The Kier molecular flexibility index (Phi) is 6.96. The summed E-state index contributed by atoms with van der Waals surface area (Å²) in [5.74, 6) is 0.581. The number of amides is 1. The van der Waals surface area contributed by atoms with Crippen molar-refractivity contribution in [2.45, 2.75) is 82.1 Å². The quantitative estimate of drug-likeness (QED) is 0.567. The standard InChI is InChI=1S/C23H33N3O3S2/c1-3-17(2)25(19-13-14-31(28,29)16-19)22(27)15-30-23-24-20-11-7-8-12-21(20)26(23)18-9-5-4-6-10-18/h7-8,11-12,17-19H,3-6,9-10,13-16H2,1-2H3/t17-,19-/m1/s1. The van der Waals surface area contributed by atoms with E-state index in [1.54, 1.807) is 0 Å². The molecule has 1 aromatic heterocycles. The van der Waals surface area contributed by atoms with E-state index < -0.39 is 9.84 Å². The molecule has 1 saturated carbocycles. The Labute approximate surface area is 189 Å². The van der Waals surface area contributed by atoms with Crippen molar-refractivity contribution in [2.75, 3.05) is 17.3 Å². The summed E-state index contributed by atoms with van der Waals surface area (Å²) in [5.41, 5.74) is 2.12. The fraction of sp³-hybridized carbons (Fsp3) is 0.652. The average molecular weight is 464 g/mol. The largest absolute Gasteiger partial charge is 0.335 e. The van der Waals surface area contributed by atoms with Gasteiger partial charge in [-0.1, -0.05) is 50.1 Å². The highest BCUT2D eigenvalue weighted by atomic mass is 32.2. The molecule has 0 spiro atoms. The van der Waals surface area contributed by atoms with Gasteiger partial charge in [0.1, 0.15) is 0 Å². The van der Waals surface area contributed by atoms with Crippen LogP contribution in [0.3, 0.4) is 0 Å². The van der Waals surface area contributed by atoms with Gasteiger partial charge in [-0.2, -0.15) is 0 Å². The molecule has 0 radical (unpaired) electrons. The van der Waals surface area contributed by atoms with Crippen LogP contribution >= 0.6 is 11.8 Å². The van der Waals surface area contributed by atoms with Crippen LogP contribution in [0.15, 0.2) is 29.4 Å². The van der Waals surface area contributed by atoms with E-state index >= 15 is 0 Å². The molecule has 8 heteroatoms. The summed E-state index contributed by atoms with van der Waals surface area (Å²) in [5, 5.41) is 0.907. The van der Waals surface area contributed by atoms with Gasteiger partial charge < -0.3 is 9.47 Å². The van der Waals surface area contributed by atoms with E-state index in [9.17, 15) is 13.2 Å².